The van der Waals surface area contributed by atoms with Crippen LogP contribution in [-0.2, 0) is 0 Å². The zero-order chi connectivity index (χ0) is 15.3. The number of hydrogen-bond acceptors (Lipinski definition) is 4. The third kappa shape index (κ3) is 2.48. The van der Waals surface area contributed by atoms with E-state index < -0.39 is 18.2 Å². The first kappa shape index (κ1) is 15.5. The third-order valence-electron chi connectivity index (χ3n) is 4.03. The molecule has 1 aromatic heterocycles. The van der Waals surface area contributed by atoms with Crippen LogP contribution in [0.25, 0.3) is 11.0 Å². The van der Waals surface area contributed by atoms with E-state index in [-0.39, 0.29) is 12.5 Å². The second-order valence-corrected chi connectivity index (χ2v) is 6.76. The predicted molar refractivity (Wildman–Crippen MR) is 83.7 cm³/mol. The Labute approximate surface area is 139 Å². The molecule has 4 atom stereocenters. The van der Waals surface area contributed by atoms with Gasteiger partial charge in [-0.25, -0.2) is 4.98 Å². The fourth-order valence-corrected chi connectivity index (χ4v) is 3.87. The molecule has 0 bridgehead atoms. The van der Waals surface area contributed by atoms with Crippen LogP contribution in [0.4, 0.5) is 0 Å². The van der Waals surface area contributed by atoms with Crippen LogP contribution in [0.5, 0.6) is 0 Å². The summed E-state index contributed by atoms with van der Waals surface area (Å²) in [5.41, 5.74) is 1.36. The zero-order valence-electron chi connectivity index (χ0n) is 10.7. The van der Waals surface area contributed by atoms with Crippen LogP contribution in [0, 0.1) is 5.92 Å². The first-order valence-electron chi connectivity index (χ1n) is 6.43. The average Bonchev–Trinajstić information content (AvgIpc) is 2.89. The van der Waals surface area contributed by atoms with Gasteiger partial charge in [0.1, 0.15) is 6.10 Å². The fraction of sp³-hybridized carbons (Fsp3) is 0.462. The van der Waals surface area contributed by atoms with Crippen molar-refractivity contribution < 1.29 is 15.3 Å². The summed E-state index contributed by atoms with van der Waals surface area (Å²) in [6.45, 7) is -0.175. The number of aliphatic hydroxyl groups excluding tert-OH is 3. The van der Waals surface area contributed by atoms with Gasteiger partial charge in [0.15, 0.2) is 4.73 Å². The molecule has 0 aliphatic heterocycles. The minimum absolute atomic E-state index is 0.175. The van der Waals surface area contributed by atoms with Gasteiger partial charge in [-0.2, -0.15) is 0 Å². The van der Waals surface area contributed by atoms with Crippen molar-refractivity contribution in [1.82, 2.24) is 9.55 Å². The quantitative estimate of drug-likeness (QED) is 0.729. The van der Waals surface area contributed by atoms with Crippen molar-refractivity contribution in [1.29, 1.82) is 0 Å². The monoisotopic (exact) mass is 394 g/mol. The summed E-state index contributed by atoms with van der Waals surface area (Å²) >= 11 is 15.4. The standard InChI is InChI=1S/C13H13BrCl2N2O3/c14-13-17-8-2-6(15)7(16)3-9(8)18(13)10-1-5(4-19)11(20)12(10)21/h2-3,5,10-12,19-21H,1,4H2/t5-,10-,11-,12+/m1/s1. The second kappa shape index (κ2) is 5.68. The topological polar surface area (TPSA) is 78.5 Å². The van der Waals surface area contributed by atoms with Gasteiger partial charge in [0.05, 0.1) is 33.2 Å². The lowest BCUT2D eigenvalue weighted by Gasteiger charge is -2.19. The molecule has 114 valence electrons. The van der Waals surface area contributed by atoms with Gasteiger partial charge in [-0.1, -0.05) is 23.2 Å². The summed E-state index contributed by atoms with van der Waals surface area (Å²) in [5, 5.41) is 30.3. The van der Waals surface area contributed by atoms with Gasteiger partial charge in [-0.15, -0.1) is 0 Å². The maximum Gasteiger partial charge on any atom is 0.178 e. The molecule has 5 nitrogen and oxygen atoms in total. The maximum atomic E-state index is 10.2. The van der Waals surface area contributed by atoms with Crippen LogP contribution >= 0.6 is 39.1 Å². The summed E-state index contributed by atoms with van der Waals surface area (Å²) in [6, 6.07) is 2.94. The van der Waals surface area contributed by atoms with Crippen molar-refractivity contribution in [3.8, 4) is 0 Å². The number of aromatic nitrogens is 2. The number of hydrogen-bond donors (Lipinski definition) is 3. The number of rotatable bonds is 2. The van der Waals surface area contributed by atoms with Gasteiger partial charge >= 0.3 is 0 Å². The van der Waals surface area contributed by atoms with Gasteiger partial charge in [-0.05, 0) is 34.5 Å². The lowest BCUT2D eigenvalue weighted by Crippen LogP contribution is -2.30. The number of benzene rings is 1. The van der Waals surface area contributed by atoms with Gasteiger partial charge in [0.2, 0.25) is 0 Å². The molecule has 0 saturated heterocycles. The van der Waals surface area contributed by atoms with Crippen LogP contribution < -0.4 is 0 Å². The first-order valence-corrected chi connectivity index (χ1v) is 7.98. The van der Waals surface area contributed by atoms with Gasteiger partial charge in [-0.3, -0.25) is 0 Å². The average molecular weight is 396 g/mol. The van der Waals surface area contributed by atoms with E-state index in [1.807, 2.05) is 0 Å². The van der Waals surface area contributed by atoms with Crippen molar-refractivity contribution in [2.45, 2.75) is 24.7 Å². The summed E-state index contributed by atoms with van der Waals surface area (Å²) in [7, 11) is 0. The van der Waals surface area contributed by atoms with E-state index in [2.05, 4.69) is 20.9 Å². The van der Waals surface area contributed by atoms with Gasteiger partial charge < -0.3 is 19.9 Å². The van der Waals surface area contributed by atoms with Crippen molar-refractivity contribution in [2.24, 2.45) is 5.92 Å². The molecule has 3 N–H and O–H groups in total. The lowest BCUT2D eigenvalue weighted by atomic mass is 10.1. The fourth-order valence-electron chi connectivity index (χ4n) is 2.91. The Morgan fingerprint density at radius 3 is 2.52 bits per heavy atom. The minimum atomic E-state index is -0.981. The highest BCUT2D eigenvalue weighted by Gasteiger charge is 2.43. The van der Waals surface area contributed by atoms with Crippen molar-refractivity contribution in [2.75, 3.05) is 6.61 Å². The minimum Gasteiger partial charge on any atom is -0.396 e. The van der Waals surface area contributed by atoms with Crippen molar-refractivity contribution >= 4 is 50.2 Å². The Morgan fingerprint density at radius 1 is 1.24 bits per heavy atom. The van der Waals surface area contributed by atoms with E-state index in [0.29, 0.717) is 32.2 Å². The third-order valence-corrected chi connectivity index (χ3v) is 5.31. The van der Waals surface area contributed by atoms with Crippen molar-refractivity contribution in [3.05, 3.63) is 26.9 Å². The molecule has 21 heavy (non-hydrogen) atoms. The molecule has 1 saturated carbocycles. The molecule has 1 aromatic carbocycles. The van der Waals surface area contributed by atoms with E-state index >= 15 is 0 Å². The van der Waals surface area contributed by atoms with Gasteiger partial charge in [0, 0.05) is 12.5 Å². The van der Waals surface area contributed by atoms with Crippen LogP contribution in [0.1, 0.15) is 12.5 Å². The van der Waals surface area contributed by atoms with Crippen LogP contribution in [-0.4, -0.2) is 43.7 Å². The molecule has 1 heterocycles. The highest BCUT2D eigenvalue weighted by molar-refractivity contribution is 9.10. The lowest BCUT2D eigenvalue weighted by molar-refractivity contribution is -0.00386. The zero-order valence-corrected chi connectivity index (χ0v) is 13.8. The molecule has 1 aliphatic rings. The Hall–Kier alpha value is -0.370. The number of aliphatic hydroxyl groups is 3. The summed E-state index contributed by atoms with van der Waals surface area (Å²) in [6.07, 6.45) is -1.50. The number of imidazole rings is 1. The highest BCUT2D eigenvalue weighted by atomic mass is 79.9. The molecule has 0 spiro atoms. The molecule has 1 aliphatic carbocycles. The molecule has 3 rings (SSSR count). The molecular weight excluding hydrogens is 383 g/mol. The maximum absolute atomic E-state index is 10.2. The molecule has 0 amide bonds. The Balaban J connectivity index is 2.12. The molecule has 2 aromatic rings. The van der Waals surface area contributed by atoms with E-state index in [1.165, 1.54) is 0 Å². The number of halogens is 3. The molecular formula is C13H13BrCl2N2O3. The van der Waals surface area contributed by atoms with E-state index in [1.54, 1.807) is 16.7 Å². The Bertz CT molecular complexity index is 694. The SMILES string of the molecule is OC[C@H]1C[C@@H](n2c(Br)nc3cc(Cl)c(Cl)cc32)[C@H](O)[C@@H]1O. The molecule has 0 radical (unpaired) electrons. The summed E-state index contributed by atoms with van der Waals surface area (Å²) in [5.74, 6) is -0.364. The smallest absolute Gasteiger partial charge is 0.178 e. The highest BCUT2D eigenvalue weighted by Crippen LogP contribution is 2.40. The molecule has 0 unspecified atom stereocenters. The van der Waals surface area contributed by atoms with Crippen LogP contribution in [0.3, 0.4) is 0 Å². The van der Waals surface area contributed by atoms with Crippen molar-refractivity contribution in [3.63, 3.8) is 0 Å². The normalized spacial score (nSPS) is 29.4. The van der Waals surface area contributed by atoms with E-state index in [9.17, 15) is 15.3 Å². The summed E-state index contributed by atoms with van der Waals surface area (Å²) < 4.78 is 2.30. The van der Waals surface area contributed by atoms with E-state index in [4.69, 9.17) is 23.2 Å². The predicted octanol–water partition coefficient (Wildman–Crippen LogP) is 2.38. The number of fused-ring (bicyclic) bond motifs is 1. The first-order chi connectivity index (χ1) is 9.93. The Kier molecular flexibility index (Phi) is 4.20. The molecule has 8 heteroatoms. The number of nitrogens with zero attached hydrogens (tertiary/aromatic N) is 2. The molecule has 1 fully saturated rings. The Morgan fingerprint density at radius 2 is 1.90 bits per heavy atom. The van der Waals surface area contributed by atoms with Crippen LogP contribution in [0.15, 0.2) is 16.9 Å². The van der Waals surface area contributed by atoms with Gasteiger partial charge in [0.25, 0.3) is 0 Å². The van der Waals surface area contributed by atoms with Crippen LogP contribution in [0.2, 0.25) is 10.0 Å². The van der Waals surface area contributed by atoms with E-state index in [0.717, 1.165) is 0 Å². The largest absolute Gasteiger partial charge is 0.396 e. The second-order valence-electron chi connectivity index (χ2n) is 5.23. The summed E-state index contributed by atoms with van der Waals surface area (Å²) in [4.78, 5) is 4.35.